The molecule has 1 aromatic carbocycles. The molecule has 2 aliphatic heterocycles. The Balaban J connectivity index is 1.48. The summed E-state index contributed by atoms with van der Waals surface area (Å²) in [5.41, 5.74) is -0.581. The number of fused-ring (bicyclic) bond motifs is 1. The lowest BCUT2D eigenvalue weighted by Gasteiger charge is -2.44. The third kappa shape index (κ3) is 5.13. The van der Waals surface area contributed by atoms with Gasteiger partial charge in [-0.05, 0) is 23.6 Å². The van der Waals surface area contributed by atoms with Gasteiger partial charge in [0.1, 0.15) is 36.6 Å². The molecular weight excluding hydrogens is 476 g/mol. The van der Waals surface area contributed by atoms with Crippen molar-refractivity contribution in [2.24, 2.45) is 5.92 Å². The van der Waals surface area contributed by atoms with Crippen LogP contribution in [0.1, 0.15) is 12.0 Å². The van der Waals surface area contributed by atoms with Gasteiger partial charge in [0.25, 0.3) is 0 Å². The molecule has 11 nitrogen and oxygen atoms in total. The van der Waals surface area contributed by atoms with Crippen molar-refractivity contribution < 1.29 is 54.1 Å². The summed E-state index contributed by atoms with van der Waals surface area (Å²) in [4.78, 5) is 23.8. The molecule has 1 aromatic rings. The molecule has 8 unspecified atom stereocenters. The van der Waals surface area contributed by atoms with Gasteiger partial charge in [0.05, 0.1) is 24.4 Å². The van der Waals surface area contributed by atoms with Gasteiger partial charge < -0.3 is 44.5 Å². The minimum absolute atomic E-state index is 0.00683. The van der Waals surface area contributed by atoms with E-state index in [0.29, 0.717) is 11.9 Å². The maximum absolute atomic E-state index is 12.3. The van der Waals surface area contributed by atoms with Crippen LogP contribution in [0.15, 0.2) is 59.9 Å². The number of carbonyl (C=O) groups is 2. The van der Waals surface area contributed by atoms with E-state index in [9.17, 15) is 35.1 Å². The highest BCUT2D eigenvalue weighted by Crippen LogP contribution is 2.46. The summed E-state index contributed by atoms with van der Waals surface area (Å²) in [5.74, 6) is -1.66. The van der Waals surface area contributed by atoms with Crippen LogP contribution in [0, 0.1) is 5.92 Å². The van der Waals surface area contributed by atoms with Crippen molar-refractivity contribution in [2.45, 2.75) is 49.0 Å². The molecule has 1 fully saturated rings. The fraction of sp³-hybridized carbons (Fsp3) is 0.440. The topological polar surface area (TPSA) is 172 Å². The number of esters is 1. The summed E-state index contributed by atoms with van der Waals surface area (Å²) >= 11 is 0. The average molecular weight is 504 g/mol. The minimum atomic E-state index is -1.74. The normalized spacial score (nSPS) is 36.0. The monoisotopic (exact) mass is 504 g/mol. The second-order valence-corrected chi connectivity index (χ2v) is 8.77. The molecule has 3 aliphatic rings. The summed E-state index contributed by atoms with van der Waals surface area (Å²) in [5, 5.41) is 51.1. The van der Waals surface area contributed by atoms with Crippen molar-refractivity contribution in [2.75, 3.05) is 13.2 Å². The van der Waals surface area contributed by atoms with Crippen molar-refractivity contribution in [3.63, 3.8) is 0 Å². The zero-order valence-corrected chi connectivity index (χ0v) is 19.1. The standard InChI is InChI=1S/C25H28O11/c26-10-16-13-34-23(36-24-22(31)21(30)20(29)17(11-27)35-24)19-15(8-9-25(16,19)32)12-33-18(28)7-6-14-4-2-1-3-5-14/h1-8,10,13,17,19-24,27,29-32H,9,11-12H2. The van der Waals surface area contributed by atoms with Crippen LogP contribution in [0.3, 0.4) is 0 Å². The number of hydrogen-bond donors (Lipinski definition) is 5. The maximum atomic E-state index is 12.3. The molecule has 11 heteroatoms. The molecule has 0 saturated carbocycles. The van der Waals surface area contributed by atoms with E-state index in [1.807, 2.05) is 30.3 Å². The van der Waals surface area contributed by atoms with E-state index >= 15 is 0 Å². The Bertz CT molecular complexity index is 1030. The smallest absolute Gasteiger partial charge is 0.331 e. The zero-order valence-electron chi connectivity index (χ0n) is 19.1. The largest absolute Gasteiger partial charge is 0.471 e. The predicted octanol–water partition coefficient (Wildman–Crippen LogP) is -0.824. The second-order valence-electron chi connectivity index (χ2n) is 8.77. The Morgan fingerprint density at radius 3 is 2.56 bits per heavy atom. The van der Waals surface area contributed by atoms with Crippen LogP contribution in [-0.4, -0.2) is 93.6 Å². The maximum Gasteiger partial charge on any atom is 0.331 e. The number of aldehydes is 1. The molecule has 4 rings (SSSR count). The fourth-order valence-electron chi connectivity index (χ4n) is 4.50. The van der Waals surface area contributed by atoms with E-state index in [1.165, 1.54) is 6.08 Å². The second kappa shape index (κ2) is 11.0. The molecular formula is C25H28O11. The van der Waals surface area contributed by atoms with Crippen LogP contribution in [0.25, 0.3) is 6.08 Å². The summed E-state index contributed by atoms with van der Waals surface area (Å²) < 4.78 is 21.9. The Morgan fingerprint density at radius 2 is 1.86 bits per heavy atom. The van der Waals surface area contributed by atoms with Crippen molar-refractivity contribution >= 4 is 18.3 Å². The molecule has 0 spiro atoms. The zero-order chi connectivity index (χ0) is 25.9. The number of benzene rings is 1. The van der Waals surface area contributed by atoms with Gasteiger partial charge >= 0.3 is 5.97 Å². The lowest BCUT2D eigenvalue weighted by molar-refractivity contribution is -0.343. The van der Waals surface area contributed by atoms with Crippen LogP contribution >= 0.6 is 0 Å². The molecule has 8 atom stereocenters. The van der Waals surface area contributed by atoms with Crippen molar-refractivity contribution in [3.05, 3.63) is 65.5 Å². The van der Waals surface area contributed by atoms with Crippen LogP contribution < -0.4 is 0 Å². The van der Waals surface area contributed by atoms with Crippen LogP contribution in [0.5, 0.6) is 0 Å². The number of carbonyl (C=O) groups excluding carboxylic acids is 2. The van der Waals surface area contributed by atoms with E-state index in [4.69, 9.17) is 18.9 Å². The number of rotatable bonds is 8. The highest BCUT2D eigenvalue weighted by molar-refractivity contribution is 5.87. The first-order valence-electron chi connectivity index (χ1n) is 11.4. The van der Waals surface area contributed by atoms with Gasteiger partial charge in [0.2, 0.25) is 6.29 Å². The highest BCUT2D eigenvalue weighted by Gasteiger charge is 2.55. The van der Waals surface area contributed by atoms with Gasteiger partial charge in [-0.3, -0.25) is 4.79 Å². The summed E-state index contributed by atoms with van der Waals surface area (Å²) in [6, 6.07) is 9.13. The molecule has 194 valence electrons. The van der Waals surface area contributed by atoms with Crippen LogP contribution in [0.2, 0.25) is 0 Å². The molecule has 0 amide bonds. The fourth-order valence-corrected chi connectivity index (χ4v) is 4.50. The molecule has 36 heavy (non-hydrogen) atoms. The Hall–Kier alpha value is -2.90. The number of hydrogen-bond acceptors (Lipinski definition) is 11. The van der Waals surface area contributed by atoms with E-state index < -0.39 is 61.1 Å². The van der Waals surface area contributed by atoms with Crippen molar-refractivity contribution in [1.29, 1.82) is 0 Å². The number of ether oxygens (including phenoxy) is 4. The average Bonchev–Trinajstić information content (AvgIpc) is 3.24. The third-order valence-corrected chi connectivity index (χ3v) is 6.53. The Labute approximate surface area is 206 Å². The van der Waals surface area contributed by atoms with E-state index in [-0.39, 0.29) is 18.6 Å². The Kier molecular flexibility index (Phi) is 8.00. The van der Waals surface area contributed by atoms with Crippen LogP contribution in [-0.2, 0) is 28.5 Å². The number of aliphatic hydroxyl groups excluding tert-OH is 4. The van der Waals surface area contributed by atoms with Crippen molar-refractivity contribution in [1.82, 2.24) is 0 Å². The lowest BCUT2D eigenvalue weighted by atomic mass is 9.79. The third-order valence-electron chi connectivity index (χ3n) is 6.53. The quantitative estimate of drug-likeness (QED) is 0.130. The van der Waals surface area contributed by atoms with E-state index in [2.05, 4.69) is 0 Å². The molecule has 2 heterocycles. The molecule has 5 N–H and O–H groups in total. The first kappa shape index (κ1) is 26.2. The summed E-state index contributed by atoms with van der Waals surface area (Å²) in [6.45, 7) is -0.897. The van der Waals surface area contributed by atoms with E-state index in [1.54, 1.807) is 12.2 Å². The Morgan fingerprint density at radius 1 is 1.11 bits per heavy atom. The minimum Gasteiger partial charge on any atom is -0.471 e. The molecule has 0 bridgehead atoms. The lowest BCUT2D eigenvalue weighted by Crippen LogP contribution is -2.61. The molecule has 1 saturated heterocycles. The summed E-state index contributed by atoms with van der Waals surface area (Å²) in [7, 11) is 0. The number of aliphatic hydroxyl groups is 5. The molecule has 0 radical (unpaired) electrons. The SMILES string of the molecule is O=CC1=COC(OC2OC(CO)C(O)C(O)C2O)C2C(COC(=O)C=Cc3ccccc3)=CCC12O. The van der Waals surface area contributed by atoms with Gasteiger partial charge in [-0.25, -0.2) is 4.79 Å². The van der Waals surface area contributed by atoms with E-state index in [0.717, 1.165) is 11.8 Å². The van der Waals surface area contributed by atoms with Crippen molar-refractivity contribution in [3.8, 4) is 0 Å². The van der Waals surface area contributed by atoms with Gasteiger partial charge in [0.15, 0.2) is 12.6 Å². The molecule has 1 aliphatic carbocycles. The van der Waals surface area contributed by atoms with Gasteiger partial charge in [-0.2, -0.15) is 0 Å². The van der Waals surface area contributed by atoms with Gasteiger partial charge in [0, 0.05) is 6.08 Å². The van der Waals surface area contributed by atoms with Gasteiger partial charge in [-0.15, -0.1) is 0 Å². The molecule has 0 aromatic heterocycles. The highest BCUT2D eigenvalue weighted by atomic mass is 16.8. The summed E-state index contributed by atoms with van der Waals surface area (Å²) in [6.07, 6.45) is -3.11. The first-order valence-corrected chi connectivity index (χ1v) is 11.4. The predicted molar refractivity (Wildman–Crippen MR) is 121 cm³/mol. The van der Waals surface area contributed by atoms with Gasteiger partial charge in [-0.1, -0.05) is 36.4 Å². The van der Waals surface area contributed by atoms with Crippen LogP contribution in [0.4, 0.5) is 0 Å². The first-order chi connectivity index (χ1) is 17.3.